The molecule has 0 aliphatic carbocycles. The average Bonchev–Trinajstić information content (AvgIpc) is 3.16. The van der Waals surface area contributed by atoms with E-state index in [1.54, 1.807) is 18.3 Å². The first kappa shape index (κ1) is 18.8. The van der Waals surface area contributed by atoms with Gasteiger partial charge in [0.15, 0.2) is 0 Å². The van der Waals surface area contributed by atoms with Crippen molar-refractivity contribution in [2.45, 2.75) is 12.8 Å². The lowest BCUT2D eigenvalue weighted by Crippen LogP contribution is -2.21. The van der Waals surface area contributed by atoms with Gasteiger partial charge in [-0.05, 0) is 42.2 Å². The Kier molecular flexibility index (Phi) is 5.81. The van der Waals surface area contributed by atoms with Gasteiger partial charge in [0.2, 0.25) is 5.96 Å². The summed E-state index contributed by atoms with van der Waals surface area (Å²) in [4.78, 5) is 11.4. The Morgan fingerprint density at radius 3 is 2.57 bits per heavy atom. The number of rotatable bonds is 7. The van der Waals surface area contributed by atoms with Crippen LogP contribution in [-0.4, -0.2) is 21.7 Å². The third kappa shape index (κ3) is 4.42. The van der Waals surface area contributed by atoms with Crippen LogP contribution in [0.3, 0.4) is 0 Å². The average molecular weight is 376 g/mol. The van der Waals surface area contributed by atoms with Gasteiger partial charge in [-0.3, -0.25) is 10.1 Å². The number of nitrogens with two attached hydrogens (primary N) is 2. The zero-order valence-corrected chi connectivity index (χ0v) is 15.1. The molecule has 28 heavy (non-hydrogen) atoms. The highest BCUT2D eigenvalue weighted by atomic mass is 16.6. The first-order valence-electron chi connectivity index (χ1n) is 8.67. The predicted molar refractivity (Wildman–Crippen MR) is 110 cm³/mol. The van der Waals surface area contributed by atoms with Crippen LogP contribution >= 0.6 is 0 Å². The standard InChI is InChI=1S/C20H20N6O2/c21-20(22)24-23-12-4-8-17-9-5-13-25(17)18-11-10-16(14-19(18)26(27)28)15-6-2-1-3-7-15/h1-3,5-7,9-14H,4,8H2,(H4,21,22,24). The second-order valence-electron chi connectivity index (χ2n) is 6.06. The highest BCUT2D eigenvalue weighted by Crippen LogP contribution is 2.30. The van der Waals surface area contributed by atoms with Crippen LogP contribution in [0.1, 0.15) is 12.1 Å². The van der Waals surface area contributed by atoms with Crippen LogP contribution in [0, 0.1) is 10.1 Å². The molecule has 0 aliphatic rings. The number of hydrogen-bond acceptors (Lipinski definition) is 4. The Balaban J connectivity index is 1.90. The number of aryl methyl sites for hydroxylation is 1. The Labute approximate surface area is 162 Å². The normalized spacial score (nSPS) is 10.9. The van der Waals surface area contributed by atoms with Crippen LogP contribution in [0.15, 0.2) is 77.1 Å². The number of aromatic nitrogens is 1. The molecule has 0 amide bonds. The fraction of sp³-hybridized carbons (Fsp3) is 0.100. The molecule has 8 nitrogen and oxygen atoms in total. The molecular weight excluding hydrogens is 356 g/mol. The number of hydrogen-bond donors (Lipinski definition) is 2. The molecule has 0 saturated heterocycles. The maximum atomic E-state index is 11.7. The minimum absolute atomic E-state index is 0.0491. The second kappa shape index (κ2) is 8.63. The van der Waals surface area contributed by atoms with Gasteiger partial charge in [-0.15, -0.1) is 5.10 Å². The molecule has 3 aromatic rings. The first-order chi connectivity index (χ1) is 13.6. The van der Waals surface area contributed by atoms with Crippen molar-refractivity contribution in [1.29, 1.82) is 0 Å². The summed E-state index contributed by atoms with van der Waals surface area (Å²) >= 11 is 0. The van der Waals surface area contributed by atoms with Gasteiger partial charge in [0.1, 0.15) is 5.69 Å². The highest BCUT2D eigenvalue weighted by Gasteiger charge is 2.18. The van der Waals surface area contributed by atoms with Gasteiger partial charge in [-0.25, -0.2) is 0 Å². The first-order valence-corrected chi connectivity index (χ1v) is 8.67. The van der Waals surface area contributed by atoms with Crippen molar-refractivity contribution in [1.82, 2.24) is 4.57 Å². The van der Waals surface area contributed by atoms with Crippen LogP contribution in [0.25, 0.3) is 16.8 Å². The Morgan fingerprint density at radius 2 is 1.86 bits per heavy atom. The Morgan fingerprint density at radius 1 is 1.07 bits per heavy atom. The number of nitro groups is 1. The minimum Gasteiger partial charge on any atom is -0.369 e. The molecule has 142 valence electrons. The van der Waals surface area contributed by atoms with Crippen molar-refractivity contribution in [2.75, 3.05) is 0 Å². The zero-order chi connectivity index (χ0) is 19.9. The van der Waals surface area contributed by atoms with Crippen LogP contribution in [0.2, 0.25) is 0 Å². The SMILES string of the molecule is NC(N)=NN=CCCc1cccn1-c1ccc(-c2ccccc2)cc1[N+](=O)[O-]. The van der Waals surface area contributed by atoms with Crippen LogP contribution in [-0.2, 0) is 6.42 Å². The minimum atomic E-state index is -0.355. The van der Waals surface area contributed by atoms with Crippen molar-refractivity contribution >= 4 is 17.9 Å². The monoisotopic (exact) mass is 376 g/mol. The van der Waals surface area contributed by atoms with E-state index in [-0.39, 0.29) is 16.6 Å². The molecule has 0 radical (unpaired) electrons. The summed E-state index contributed by atoms with van der Waals surface area (Å²) in [5, 5.41) is 19.0. The van der Waals surface area contributed by atoms with Gasteiger partial charge in [0.05, 0.1) is 4.92 Å². The van der Waals surface area contributed by atoms with E-state index >= 15 is 0 Å². The Bertz CT molecular complexity index is 1020. The lowest BCUT2D eigenvalue weighted by molar-refractivity contribution is -0.384. The molecule has 8 heteroatoms. The van der Waals surface area contributed by atoms with Crippen molar-refractivity contribution in [3.8, 4) is 16.8 Å². The van der Waals surface area contributed by atoms with E-state index < -0.39 is 0 Å². The van der Waals surface area contributed by atoms with Crippen molar-refractivity contribution in [3.05, 3.63) is 82.7 Å². The second-order valence-corrected chi connectivity index (χ2v) is 6.06. The van der Waals surface area contributed by atoms with E-state index in [9.17, 15) is 10.1 Å². The van der Waals surface area contributed by atoms with Crippen molar-refractivity contribution in [3.63, 3.8) is 0 Å². The van der Waals surface area contributed by atoms with Gasteiger partial charge < -0.3 is 16.0 Å². The van der Waals surface area contributed by atoms with Gasteiger partial charge in [0, 0.05) is 24.2 Å². The molecule has 0 saturated carbocycles. The molecule has 3 rings (SSSR count). The smallest absolute Gasteiger partial charge is 0.293 e. The number of nitrogens with zero attached hydrogens (tertiary/aromatic N) is 4. The number of benzene rings is 2. The summed E-state index contributed by atoms with van der Waals surface area (Å²) < 4.78 is 1.82. The van der Waals surface area contributed by atoms with Crippen molar-refractivity contribution < 1.29 is 4.92 Å². The molecule has 1 heterocycles. The third-order valence-electron chi connectivity index (χ3n) is 4.16. The van der Waals surface area contributed by atoms with Gasteiger partial charge >= 0.3 is 0 Å². The molecule has 0 bridgehead atoms. The summed E-state index contributed by atoms with van der Waals surface area (Å²) in [6, 6.07) is 18.6. The predicted octanol–water partition coefficient (Wildman–Crippen LogP) is 3.24. The maximum Gasteiger partial charge on any atom is 0.293 e. The van der Waals surface area contributed by atoms with E-state index in [0.29, 0.717) is 18.5 Å². The summed E-state index contributed by atoms with van der Waals surface area (Å²) in [5.74, 6) is -0.103. The molecule has 0 atom stereocenters. The molecule has 4 N–H and O–H groups in total. The van der Waals surface area contributed by atoms with Crippen LogP contribution < -0.4 is 11.5 Å². The number of nitro benzene ring substituents is 1. The molecule has 2 aromatic carbocycles. The van der Waals surface area contributed by atoms with E-state index in [2.05, 4.69) is 10.2 Å². The third-order valence-corrected chi connectivity index (χ3v) is 4.16. The van der Waals surface area contributed by atoms with Gasteiger partial charge in [-0.2, -0.15) is 5.10 Å². The summed E-state index contributed by atoms with van der Waals surface area (Å²) in [7, 11) is 0. The Hall–Kier alpha value is -3.94. The highest BCUT2D eigenvalue weighted by molar-refractivity contribution is 5.76. The zero-order valence-electron chi connectivity index (χ0n) is 15.1. The van der Waals surface area contributed by atoms with E-state index in [1.165, 1.54) is 0 Å². The summed E-state index contributed by atoms with van der Waals surface area (Å²) in [6.07, 6.45) is 4.64. The lowest BCUT2D eigenvalue weighted by atomic mass is 10.0. The molecule has 0 spiro atoms. The van der Waals surface area contributed by atoms with E-state index in [0.717, 1.165) is 16.8 Å². The molecular formula is C20H20N6O2. The summed E-state index contributed by atoms with van der Waals surface area (Å²) in [5.41, 5.74) is 13.7. The van der Waals surface area contributed by atoms with Crippen molar-refractivity contribution in [2.24, 2.45) is 21.7 Å². The van der Waals surface area contributed by atoms with E-state index in [1.807, 2.05) is 59.3 Å². The topological polar surface area (TPSA) is 125 Å². The molecule has 1 aromatic heterocycles. The fourth-order valence-electron chi connectivity index (χ4n) is 2.92. The molecule has 0 fully saturated rings. The van der Waals surface area contributed by atoms with Crippen LogP contribution in [0.4, 0.5) is 5.69 Å². The fourth-order valence-corrected chi connectivity index (χ4v) is 2.92. The molecule has 0 unspecified atom stereocenters. The largest absolute Gasteiger partial charge is 0.369 e. The van der Waals surface area contributed by atoms with Gasteiger partial charge in [-0.1, -0.05) is 36.4 Å². The van der Waals surface area contributed by atoms with E-state index in [4.69, 9.17) is 11.5 Å². The van der Waals surface area contributed by atoms with Gasteiger partial charge in [0.25, 0.3) is 5.69 Å². The number of guanidine groups is 1. The molecule has 0 aliphatic heterocycles. The lowest BCUT2D eigenvalue weighted by Gasteiger charge is -2.11. The quantitative estimate of drug-likeness (QED) is 0.284. The van der Waals surface area contributed by atoms with Crippen LogP contribution in [0.5, 0.6) is 0 Å². The summed E-state index contributed by atoms with van der Waals surface area (Å²) in [6.45, 7) is 0. The maximum absolute atomic E-state index is 11.7.